The average Bonchev–Trinajstić information content (AvgIpc) is 2.88. The number of rotatable bonds is 3. The summed E-state index contributed by atoms with van der Waals surface area (Å²) in [4.78, 5) is 13.8. The highest BCUT2D eigenvalue weighted by Gasteiger charge is 2.30. The van der Waals surface area contributed by atoms with Crippen molar-refractivity contribution in [2.75, 3.05) is 13.1 Å². The Bertz CT molecular complexity index is 225. The Balaban J connectivity index is 1.78. The van der Waals surface area contributed by atoms with Crippen LogP contribution in [0.25, 0.3) is 0 Å². The predicted molar refractivity (Wildman–Crippen MR) is 56.0 cm³/mol. The average molecular weight is 196 g/mol. The van der Waals surface area contributed by atoms with Gasteiger partial charge in [0.15, 0.2) is 0 Å². The van der Waals surface area contributed by atoms with Crippen molar-refractivity contribution in [3.63, 3.8) is 0 Å². The van der Waals surface area contributed by atoms with Gasteiger partial charge in [-0.1, -0.05) is 6.92 Å². The van der Waals surface area contributed by atoms with Gasteiger partial charge < -0.3 is 10.2 Å². The van der Waals surface area contributed by atoms with Crippen LogP contribution in [0.3, 0.4) is 0 Å². The molecule has 3 heteroatoms. The minimum absolute atomic E-state index is 0.286. The minimum atomic E-state index is 0.286. The molecule has 1 heterocycles. The van der Waals surface area contributed by atoms with Crippen LogP contribution in [0.4, 0.5) is 0 Å². The first-order valence-electron chi connectivity index (χ1n) is 5.69. The molecule has 1 saturated carbocycles. The van der Waals surface area contributed by atoms with Crippen LogP contribution in [0.5, 0.6) is 0 Å². The molecule has 2 aliphatic rings. The number of hydrogen-bond donors (Lipinski definition) is 1. The van der Waals surface area contributed by atoms with E-state index < -0.39 is 0 Å². The van der Waals surface area contributed by atoms with Gasteiger partial charge in [-0.2, -0.15) is 0 Å². The number of nitrogens with zero attached hydrogens (tertiary/aromatic N) is 1. The molecular formula is C11H20N2O. The van der Waals surface area contributed by atoms with Gasteiger partial charge in [-0.05, 0) is 32.1 Å². The first kappa shape index (κ1) is 9.97. The van der Waals surface area contributed by atoms with Crippen LogP contribution in [0, 0.1) is 5.92 Å². The quantitative estimate of drug-likeness (QED) is 0.730. The monoisotopic (exact) mass is 196 g/mol. The maximum absolute atomic E-state index is 11.8. The van der Waals surface area contributed by atoms with Gasteiger partial charge in [0.1, 0.15) is 0 Å². The molecule has 0 aromatic carbocycles. The summed E-state index contributed by atoms with van der Waals surface area (Å²) in [6.07, 6.45) is 3.66. The van der Waals surface area contributed by atoms with E-state index in [1.54, 1.807) is 0 Å². The summed E-state index contributed by atoms with van der Waals surface area (Å²) in [7, 11) is 0. The van der Waals surface area contributed by atoms with Gasteiger partial charge in [0.25, 0.3) is 0 Å². The first-order chi connectivity index (χ1) is 6.66. The molecule has 1 saturated heterocycles. The van der Waals surface area contributed by atoms with E-state index >= 15 is 0 Å². The van der Waals surface area contributed by atoms with E-state index in [-0.39, 0.29) is 5.91 Å². The highest BCUT2D eigenvalue weighted by atomic mass is 16.2. The zero-order chi connectivity index (χ0) is 10.1. The molecule has 1 aliphatic carbocycles. The summed E-state index contributed by atoms with van der Waals surface area (Å²) < 4.78 is 0. The lowest BCUT2D eigenvalue weighted by atomic mass is 10.1. The molecule has 0 aromatic heterocycles. The maximum atomic E-state index is 11.8. The van der Waals surface area contributed by atoms with Crippen LogP contribution >= 0.6 is 0 Å². The smallest absolute Gasteiger partial charge is 0.236 e. The van der Waals surface area contributed by atoms with Crippen LogP contribution in [0.2, 0.25) is 0 Å². The molecule has 0 radical (unpaired) electrons. The Kier molecular flexibility index (Phi) is 2.77. The highest BCUT2D eigenvalue weighted by molar-refractivity contribution is 5.79. The molecule has 2 rings (SSSR count). The molecule has 2 unspecified atom stereocenters. The second-order valence-electron chi connectivity index (χ2n) is 4.89. The number of likely N-dealkylation sites (tertiary alicyclic amines) is 1. The number of nitrogens with one attached hydrogen (secondary N) is 1. The van der Waals surface area contributed by atoms with E-state index in [4.69, 9.17) is 0 Å². The van der Waals surface area contributed by atoms with Gasteiger partial charge >= 0.3 is 0 Å². The second-order valence-corrected chi connectivity index (χ2v) is 4.89. The van der Waals surface area contributed by atoms with E-state index in [1.165, 1.54) is 12.8 Å². The number of carbonyl (C=O) groups is 1. The van der Waals surface area contributed by atoms with Crippen molar-refractivity contribution in [2.24, 2.45) is 5.92 Å². The Morgan fingerprint density at radius 1 is 1.43 bits per heavy atom. The Morgan fingerprint density at radius 3 is 2.64 bits per heavy atom. The zero-order valence-electron chi connectivity index (χ0n) is 9.12. The molecule has 3 nitrogen and oxygen atoms in total. The van der Waals surface area contributed by atoms with Gasteiger partial charge in [-0.3, -0.25) is 4.79 Å². The van der Waals surface area contributed by atoms with Crippen LogP contribution in [0.1, 0.15) is 33.1 Å². The van der Waals surface area contributed by atoms with Gasteiger partial charge in [0.2, 0.25) is 5.91 Å². The summed E-state index contributed by atoms with van der Waals surface area (Å²) in [5, 5.41) is 3.28. The number of amides is 1. The molecule has 80 valence electrons. The topological polar surface area (TPSA) is 32.3 Å². The third kappa shape index (κ3) is 2.27. The Hall–Kier alpha value is -0.570. The van der Waals surface area contributed by atoms with Crippen LogP contribution in [-0.4, -0.2) is 36.0 Å². The fourth-order valence-corrected chi connectivity index (χ4v) is 2.27. The normalized spacial score (nSPS) is 32.3. The second kappa shape index (κ2) is 3.89. The largest absolute Gasteiger partial charge is 0.339 e. The summed E-state index contributed by atoms with van der Waals surface area (Å²) >= 11 is 0. The van der Waals surface area contributed by atoms with Gasteiger partial charge in [-0.25, -0.2) is 0 Å². The van der Waals surface area contributed by atoms with Gasteiger partial charge in [0, 0.05) is 18.6 Å². The maximum Gasteiger partial charge on any atom is 0.236 e. The number of hydrogen-bond acceptors (Lipinski definition) is 2. The SMILES string of the molecule is CC1CC(C)N(C(=O)CNC2CC2)C1. The summed E-state index contributed by atoms with van der Waals surface area (Å²) in [5.41, 5.74) is 0. The van der Waals surface area contributed by atoms with Crippen LogP contribution in [0.15, 0.2) is 0 Å². The minimum Gasteiger partial charge on any atom is -0.339 e. The van der Waals surface area contributed by atoms with Crippen molar-refractivity contribution in [1.29, 1.82) is 0 Å². The molecule has 0 bridgehead atoms. The fraction of sp³-hybridized carbons (Fsp3) is 0.909. The van der Waals surface area contributed by atoms with Crippen molar-refractivity contribution < 1.29 is 4.79 Å². The van der Waals surface area contributed by atoms with Crippen molar-refractivity contribution in [3.05, 3.63) is 0 Å². The van der Waals surface area contributed by atoms with Crippen LogP contribution < -0.4 is 5.32 Å². The lowest BCUT2D eigenvalue weighted by Crippen LogP contribution is -2.40. The molecule has 2 fully saturated rings. The summed E-state index contributed by atoms with van der Waals surface area (Å²) in [5.74, 6) is 0.962. The van der Waals surface area contributed by atoms with Crippen molar-refractivity contribution in [1.82, 2.24) is 10.2 Å². The third-order valence-corrected chi connectivity index (χ3v) is 3.22. The van der Waals surface area contributed by atoms with Crippen molar-refractivity contribution in [2.45, 2.75) is 45.2 Å². The molecule has 14 heavy (non-hydrogen) atoms. The zero-order valence-corrected chi connectivity index (χ0v) is 9.12. The van der Waals surface area contributed by atoms with Crippen LogP contribution in [-0.2, 0) is 4.79 Å². The highest BCUT2D eigenvalue weighted by Crippen LogP contribution is 2.22. The van der Waals surface area contributed by atoms with E-state index in [0.29, 0.717) is 24.5 Å². The predicted octanol–water partition coefficient (Wildman–Crippen LogP) is 0.995. The van der Waals surface area contributed by atoms with Gasteiger partial charge in [0.05, 0.1) is 6.54 Å². The molecular weight excluding hydrogens is 176 g/mol. The molecule has 1 amide bonds. The lowest BCUT2D eigenvalue weighted by molar-refractivity contribution is -0.130. The standard InChI is InChI=1S/C11H20N2O/c1-8-5-9(2)13(7-8)11(14)6-12-10-3-4-10/h8-10,12H,3-7H2,1-2H3. The molecule has 1 N–H and O–H groups in total. The first-order valence-corrected chi connectivity index (χ1v) is 5.69. The van der Waals surface area contributed by atoms with E-state index in [9.17, 15) is 4.79 Å². The Morgan fingerprint density at radius 2 is 2.14 bits per heavy atom. The lowest BCUT2D eigenvalue weighted by Gasteiger charge is -2.21. The van der Waals surface area contributed by atoms with Crippen molar-refractivity contribution >= 4 is 5.91 Å². The van der Waals surface area contributed by atoms with E-state index in [0.717, 1.165) is 13.0 Å². The molecule has 0 spiro atoms. The molecule has 2 atom stereocenters. The van der Waals surface area contributed by atoms with E-state index in [1.807, 2.05) is 4.90 Å². The summed E-state index contributed by atoms with van der Waals surface area (Å²) in [6.45, 7) is 5.87. The number of carbonyl (C=O) groups excluding carboxylic acids is 1. The molecule has 0 aromatic rings. The summed E-state index contributed by atoms with van der Waals surface area (Å²) in [6, 6.07) is 1.08. The van der Waals surface area contributed by atoms with Gasteiger partial charge in [-0.15, -0.1) is 0 Å². The fourth-order valence-electron chi connectivity index (χ4n) is 2.27. The van der Waals surface area contributed by atoms with Crippen molar-refractivity contribution in [3.8, 4) is 0 Å². The molecule has 1 aliphatic heterocycles. The third-order valence-electron chi connectivity index (χ3n) is 3.22. The Labute approximate surface area is 85.8 Å². The van der Waals surface area contributed by atoms with E-state index in [2.05, 4.69) is 19.2 Å².